The molecule has 0 fully saturated rings. The standard InChI is InChI=1S/C21H26N5O.C2H3Cl.K/c1-3-5-8-17(4-2)26(15-27)18-13-11-16(12-14-18)19-9-6-7-10-20(19)21-22-24-25-23-21;1-2-3;/h4,6-7,9-14,21,27H,3,5,8,15H2,1-2H3,(H-,22,23,24,25);2H,1H2;/q-1;;+1/b17-4-;;. The first-order chi connectivity index (χ1) is 14.7. The van der Waals surface area contributed by atoms with Crippen LogP contribution >= 0.6 is 11.6 Å². The van der Waals surface area contributed by atoms with Crippen molar-refractivity contribution in [3.63, 3.8) is 0 Å². The molecule has 0 saturated carbocycles. The summed E-state index contributed by atoms with van der Waals surface area (Å²) in [5, 5.41) is 17.7. The van der Waals surface area contributed by atoms with Crippen molar-refractivity contribution in [2.24, 2.45) is 10.3 Å². The Bertz CT molecular complexity index is 857. The number of benzene rings is 2. The van der Waals surface area contributed by atoms with Gasteiger partial charge in [0.2, 0.25) is 0 Å². The van der Waals surface area contributed by atoms with Crippen LogP contribution in [-0.2, 0) is 0 Å². The molecule has 6 nitrogen and oxygen atoms in total. The van der Waals surface area contributed by atoms with Gasteiger partial charge in [-0.3, -0.25) is 10.6 Å². The molecule has 1 aliphatic heterocycles. The molecule has 0 amide bonds. The van der Waals surface area contributed by atoms with E-state index < -0.39 is 0 Å². The fraction of sp³-hybridized carbons (Fsp3) is 0.304. The number of aliphatic hydroxyl groups is 1. The first-order valence-electron chi connectivity index (χ1n) is 9.99. The van der Waals surface area contributed by atoms with Crippen LogP contribution in [0.15, 0.2) is 82.8 Å². The quantitative estimate of drug-likeness (QED) is 0.459. The third-order valence-corrected chi connectivity index (χ3v) is 4.75. The number of allylic oxidation sites excluding steroid dienone is 2. The summed E-state index contributed by atoms with van der Waals surface area (Å²) in [6.07, 6.45) is 5.02. The van der Waals surface area contributed by atoms with Crippen LogP contribution in [0.1, 0.15) is 44.8 Å². The van der Waals surface area contributed by atoms with Gasteiger partial charge >= 0.3 is 51.4 Å². The van der Waals surface area contributed by atoms with Gasteiger partial charge in [-0.05, 0) is 54.1 Å². The van der Waals surface area contributed by atoms with E-state index in [1.165, 1.54) is 5.54 Å². The van der Waals surface area contributed by atoms with Crippen molar-refractivity contribution in [3.05, 3.63) is 83.5 Å². The normalized spacial score (nSPS) is 14.7. The van der Waals surface area contributed by atoms with Crippen molar-refractivity contribution in [2.75, 3.05) is 11.6 Å². The Morgan fingerprint density at radius 1 is 1.26 bits per heavy atom. The number of nitrogens with one attached hydrogen (secondary N) is 1. The molecule has 160 valence electrons. The average Bonchev–Trinajstić information content (AvgIpc) is 3.32. The van der Waals surface area contributed by atoms with Crippen LogP contribution in [0.25, 0.3) is 16.7 Å². The van der Waals surface area contributed by atoms with E-state index in [2.05, 4.69) is 59.1 Å². The summed E-state index contributed by atoms with van der Waals surface area (Å²) in [4.78, 5) is 1.96. The number of nitrogens with zero attached hydrogens (tertiary/aromatic N) is 4. The predicted molar refractivity (Wildman–Crippen MR) is 125 cm³/mol. The molecule has 31 heavy (non-hydrogen) atoms. The number of aliphatic hydroxyl groups excluding tert-OH is 1. The predicted octanol–water partition coefficient (Wildman–Crippen LogP) is 3.83. The zero-order valence-corrected chi connectivity index (χ0v) is 22.4. The molecule has 0 aliphatic carbocycles. The fourth-order valence-electron chi connectivity index (χ4n) is 3.27. The zero-order valence-electron chi connectivity index (χ0n) is 18.5. The second-order valence-corrected chi connectivity index (χ2v) is 6.89. The Hall–Kier alpha value is -1.03. The summed E-state index contributed by atoms with van der Waals surface area (Å²) < 4.78 is 0. The Balaban J connectivity index is 0.00000113. The average molecular weight is 466 g/mol. The number of anilines is 1. The van der Waals surface area contributed by atoms with Gasteiger partial charge in [0.05, 0.1) is 6.17 Å². The van der Waals surface area contributed by atoms with E-state index in [4.69, 9.17) is 11.6 Å². The number of halogens is 1. The minimum Gasteiger partial charge on any atom is -0.376 e. The zero-order chi connectivity index (χ0) is 21.8. The molecule has 0 aromatic heterocycles. The van der Waals surface area contributed by atoms with E-state index in [1.807, 2.05) is 42.2 Å². The Labute approximate surface area is 232 Å². The van der Waals surface area contributed by atoms with E-state index in [1.54, 1.807) is 0 Å². The molecule has 0 spiro atoms. The molecule has 2 aromatic rings. The number of rotatable bonds is 8. The van der Waals surface area contributed by atoms with Gasteiger partial charge in [-0.15, -0.1) is 0 Å². The van der Waals surface area contributed by atoms with Crippen LogP contribution in [0.2, 0.25) is 0 Å². The minimum atomic E-state index is -0.251. The van der Waals surface area contributed by atoms with Crippen molar-refractivity contribution >= 4 is 17.3 Å². The molecule has 1 aliphatic rings. The molecular weight excluding hydrogens is 437 g/mol. The van der Waals surface area contributed by atoms with E-state index in [0.29, 0.717) is 0 Å². The molecule has 0 radical (unpaired) electrons. The number of hydrogen-bond acceptors (Lipinski definition) is 5. The van der Waals surface area contributed by atoms with E-state index in [9.17, 15) is 5.11 Å². The van der Waals surface area contributed by atoms with Gasteiger partial charge in [0.1, 0.15) is 6.73 Å². The molecule has 8 heteroatoms. The number of hydrogen-bond donors (Lipinski definition) is 2. The summed E-state index contributed by atoms with van der Waals surface area (Å²) in [6.45, 7) is 7.29. The molecule has 2 aromatic carbocycles. The smallest absolute Gasteiger partial charge is 0.376 e. The Morgan fingerprint density at radius 3 is 2.48 bits per heavy atom. The maximum Gasteiger partial charge on any atom is 1.00 e. The molecule has 0 bridgehead atoms. The van der Waals surface area contributed by atoms with Gasteiger partial charge in [-0.1, -0.05) is 74.0 Å². The van der Waals surface area contributed by atoms with E-state index >= 15 is 0 Å². The van der Waals surface area contributed by atoms with Crippen molar-refractivity contribution < 1.29 is 56.5 Å². The first kappa shape index (κ1) is 28.0. The third kappa shape index (κ3) is 8.11. The SMILES string of the molecule is C/C=C(/CCCC)N(CO)c1ccc(-c2ccccc2C2N=N[N-]N2)cc1.C=CCl.[K+]. The van der Waals surface area contributed by atoms with Gasteiger partial charge in [0.15, 0.2) is 0 Å². The van der Waals surface area contributed by atoms with Crippen molar-refractivity contribution in [2.45, 2.75) is 39.3 Å². The Kier molecular flexibility index (Phi) is 14.2. The van der Waals surface area contributed by atoms with Crippen LogP contribution in [0.4, 0.5) is 5.69 Å². The second-order valence-electron chi connectivity index (χ2n) is 6.58. The minimum absolute atomic E-state index is 0. The van der Waals surface area contributed by atoms with Gasteiger partial charge in [-0.25, -0.2) is 0 Å². The molecule has 2 N–H and O–H groups in total. The van der Waals surface area contributed by atoms with Gasteiger partial charge < -0.3 is 20.7 Å². The van der Waals surface area contributed by atoms with Crippen molar-refractivity contribution in [1.82, 2.24) is 5.43 Å². The number of unbranched alkanes of at least 4 members (excludes halogenated alkanes) is 1. The van der Waals surface area contributed by atoms with Gasteiger partial charge in [0, 0.05) is 11.4 Å². The summed E-state index contributed by atoms with van der Waals surface area (Å²) in [5.41, 5.74) is 13.2. The van der Waals surface area contributed by atoms with Crippen LogP contribution in [-0.4, -0.2) is 11.8 Å². The second kappa shape index (κ2) is 15.7. The molecule has 1 heterocycles. The van der Waals surface area contributed by atoms with Gasteiger partial charge in [0.25, 0.3) is 0 Å². The largest absolute Gasteiger partial charge is 1.00 e. The molecule has 0 saturated heterocycles. The van der Waals surface area contributed by atoms with Crippen LogP contribution in [0.3, 0.4) is 0 Å². The summed E-state index contributed by atoms with van der Waals surface area (Å²) in [5.74, 6) is 0. The summed E-state index contributed by atoms with van der Waals surface area (Å²) in [6, 6.07) is 16.4. The van der Waals surface area contributed by atoms with Crippen LogP contribution < -0.4 is 61.7 Å². The topological polar surface area (TPSA) is 74.3 Å². The van der Waals surface area contributed by atoms with Crippen molar-refractivity contribution in [1.29, 1.82) is 0 Å². The van der Waals surface area contributed by atoms with E-state index in [-0.39, 0.29) is 64.3 Å². The molecule has 1 unspecified atom stereocenters. The summed E-state index contributed by atoms with van der Waals surface area (Å²) in [7, 11) is 0. The maximum atomic E-state index is 9.90. The maximum absolute atomic E-state index is 9.90. The Morgan fingerprint density at radius 2 is 1.94 bits per heavy atom. The molecular formula is C23H29ClKN5O. The molecule has 1 atom stereocenters. The monoisotopic (exact) mass is 465 g/mol. The fourth-order valence-corrected chi connectivity index (χ4v) is 3.27. The van der Waals surface area contributed by atoms with E-state index in [0.717, 1.165) is 47.3 Å². The van der Waals surface area contributed by atoms with Crippen LogP contribution in [0.5, 0.6) is 0 Å². The van der Waals surface area contributed by atoms with Gasteiger partial charge in [-0.2, -0.15) is 0 Å². The van der Waals surface area contributed by atoms with Crippen molar-refractivity contribution in [3.8, 4) is 11.1 Å². The third-order valence-electron chi connectivity index (χ3n) is 4.75. The first-order valence-corrected chi connectivity index (χ1v) is 10.4. The van der Waals surface area contributed by atoms with Crippen LogP contribution in [0, 0.1) is 0 Å². The summed E-state index contributed by atoms with van der Waals surface area (Å²) >= 11 is 4.76. The molecule has 3 rings (SSSR count).